The van der Waals surface area contributed by atoms with Crippen LogP contribution in [0.25, 0.3) is 0 Å². The lowest BCUT2D eigenvalue weighted by Crippen LogP contribution is -2.44. The lowest BCUT2D eigenvalue weighted by molar-refractivity contribution is -0.122. The second-order valence-corrected chi connectivity index (χ2v) is 6.14. The van der Waals surface area contributed by atoms with Crippen LogP contribution in [0.5, 0.6) is 0 Å². The fraction of sp³-hybridized carbons (Fsp3) is 0.500. The molecule has 106 valence electrons. The van der Waals surface area contributed by atoms with Crippen LogP contribution in [0.4, 0.5) is 0 Å². The summed E-state index contributed by atoms with van der Waals surface area (Å²) in [6, 6.07) is 3.10. The van der Waals surface area contributed by atoms with Gasteiger partial charge < -0.3 is 5.32 Å². The number of aromatic nitrogens is 1. The third-order valence-electron chi connectivity index (χ3n) is 2.47. The molecule has 0 aromatic carbocycles. The number of pyridine rings is 1. The number of amides is 1. The molecule has 0 radical (unpaired) electrons. The Hall–Kier alpha value is -1.47. The van der Waals surface area contributed by atoms with Crippen LogP contribution in [0.15, 0.2) is 24.5 Å². The molecule has 0 aliphatic carbocycles. The fourth-order valence-corrected chi connectivity index (χ4v) is 2.33. The summed E-state index contributed by atoms with van der Waals surface area (Å²) < 4.78 is 24.2. The Morgan fingerprint density at radius 1 is 1.37 bits per heavy atom. The van der Waals surface area contributed by atoms with Crippen molar-refractivity contribution in [3.05, 3.63) is 30.1 Å². The monoisotopic (exact) mass is 285 g/mol. The highest BCUT2D eigenvalue weighted by Gasteiger charge is 2.15. The van der Waals surface area contributed by atoms with Gasteiger partial charge in [-0.15, -0.1) is 0 Å². The zero-order valence-corrected chi connectivity index (χ0v) is 11.9. The summed E-state index contributed by atoms with van der Waals surface area (Å²) in [6.45, 7) is 2.02. The van der Waals surface area contributed by atoms with Crippen molar-refractivity contribution in [1.82, 2.24) is 15.0 Å². The Labute approximate surface area is 113 Å². The number of hydrogen-bond donors (Lipinski definition) is 2. The van der Waals surface area contributed by atoms with Gasteiger partial charge in [-0.25, -0.2) is 13.1 Å². The first-order chi connectivity index (χ1) is 8.88. The van der Waals surface area contributed by atoms with Crippen LogP contribution >= 0.6 is 0 Å². The molecule has 0 bridgehead atoms. The van der Waals surface area contributed by atoms with E-state index in [1.165, 1.54) is 6.92 Å². The molecule has 0 aliphatic heterocycles. The van der Waals surface area contributed by atoms with Crippen LogP contribution in [-0.4, -0.2) is 38.2 Å². The third kappa shape index (κ3) is 6.88. The van der Waals surface area contributed by atoms with Crippen LogP contribution in [0.1, 0.15) is 18.9 Å². The summed E-state index contributed by atoms with van der Waals surface area (Å²) in [5.74, 6) is -0.319. The van der Waals surface area contributed by atoms with E-state index in [2.05, 4.69) is 15.0 Å². The summed E-state index contributed by atoms with van der Waals surface area (Å²) >= 11 is 0. The molecule has 1 aromatic rings. The molecule has 2 N–H and O–H groups in total. The molecule has 6 nitrogen and oxygen atoms in total. The zero-order chi connectivity index (χ0) is 14.3. The van der Waals surface area contributed by atoms with Crippen molar-refractivity contribution < 1.29 is 13.2 Å². The first kappa shape index (κ1) is 15.6. The maximum Gasteiger partial charge on any atom is 0.237 e. The molecule has 1 aromatic heterocycles. The average molecular weight is 285 g/mol. The second kappa shape index (κ2) is 7.20. The topological polar surface area (TPSA) is 88.2 Å². The lowest BCUT2D eigenvalue weighted by atomic mass is 10.1. The average Bonchev–Trinajstić information content (AvgIpc) is 2.33. The highest BCUT2D eigenvalue weighted by Crippen LogP contribution is 1.99. The van der Waals surface area contributed by atoms with Crippen LogP contribution in [0.3, 0.4) is 0 Å². The van der Waals surface area contributed by atoms with E-state index in [4.69, 9.17) is 0 Å². The van der Waals surface area contributed by atoms with Gasteiger partial charge in [0.25, 0.3) is 0 Å². The Morgan fingerprint density at radius 2 is 2.00 bits per heavy atom. The van der Waals surface area contributed by atoms with Gasteiger partial charge in [0.15, 0.2) is 0 Å². The van der Waals surface area contributed by atoms with E-state index in [-0.39, 0.29) is 5.91 Å². The predicted octanol–water partition coefficient (Wildman–Crippen LogP) is 0.0681. The van der Waals surface area contributed by atoms with Gasteiger partial charge in [-0.3, -0.25) is 9.78 Å². The van der Waals surface area contributed by atoms with Crippen molar-refractivity contribution in [2.75, 3.05) is 12.8 Å². The molecule has 7 heteroatoms. The molecular formula is C12H19N3O3S. The van der Waals surface area contributed by atoms with E-state index in [0.717, 1.165) is 24.7 Å². The van der Waals surface area contributed by atoms with Crippen LogP contribution in [0.2, 0.25) is 0 Å². The number of aryl methyl sites for hydroxylation is 1. The SMILES string of the molecule is CC(NS(C)(=O)=O)C(=O)NCCCc1ccncc1. The van der Waals surface area contributed by atoms with Crippen molar-refractivity contribution >= 4 is 15.9 Å². The molecule has 19 heavy (non-hydrogen) atoms. The van der Waals surface area contributed by atoms with E-state index < -0.39 is 16.1 Å². The summed E-state index contributed by atoms with van der Waals surface area (Å²) in [4.78, 5) is 15.5. The van der Waals surface area contributed by atoms with E-state index in [9.17, 15) is 13.2 Å². The molecule has 1 rings (SSSR count). The Kier molecular flexibility index (Phi) is 5.91. The number of rotatable bonds is 7. The smallest absolute Gasteiger partial charge is 0.237 e. The Balaban J connectivity index is 2.24. The number of carbonyl (C=O) groups is 1. The van der Waals surface area contributed by atoms with Gasteiger partial charge in [-0.1, -0.05) is 0 Å². The molecule has 1 atom stereocenters. The molecule has 1 heterocycles. The van der Waals surface area contributed by atoms with Gasteiger partial charge in [0.2, 0.25) is 15.9 Å². The molecule has 0 fully saturated rings. The highest BCUT2D eigenvalue weighted by atomic mass is 32.2. The maximum atomic E-state index is 11.6. The van der Waals surface area contributed by atoms with E-state index in [0.29, 0.717) is 6.54 Å². The minimum atomic E-state index is -3.36. The van der Waals surface area contributed by atoms with Gasteiger partial charge in [0, 0.05) is 18.9 Å². The molecule has 1 unspecified atom stereocenters. The minimum Gasteiger partial charge on any atom is -0.355 e. The summed E-state index contributed by atoms with van der Waals surface area (Å²) in [6.07, 6.45) is 6.12. The Morgan fingerprint density at radius 3 is 2.58 bits per heavy atom. The van der Waals surface area contributed by atoms with Crippen LogP contribution in [0, 0.1) is 0 Å². The highest BCUT2D eigenvalue weighted by molar-refractivity contribution is 7.88. The first-order valence-electron chi connectivity index (χ1n) is 6.02. The predicted molar refractivity (Wildman–Crippen MR) is 73.0 cm³/mol. The van der Waals surface area contributed by atoms with Crippen LogP contribution in [-0.2, 0) is 21.2 Å². The minimum absolute atomic E-state index is 0.319. The number of hydrogen-bond acceptors (Lipinski definition) is 4. The largest absolute Gasteiger partial charge is 0.355 e. The normalized spacial score (nSPS) is 12.9. The van der Waals surface area contributed by atoms with Crippen molar-refractivity contribution in [2.24, 2.45) is 0 Å². The van der Waals surface area contributed by atoms with Crippen molar-refractivity contribution in [2.45, 2.75) is 25.8 Å². The number of nitrogens with zero attached hydrogens (tertiary/aromatic N) is 1. The lowest BCUT2D eigenvalue weighted by Gasteiger charge is -2.12. The zero-order valence-electron chi connectivity index (χ0n) is 11.1. The molecule has 0 saturated heterocycles. The van der Waals surface area contributed by atoms with Crippen LogP contribution < -0.4 is 10.0 Å². The molecule has 0 spiro atoms. The van der Waals surface area contributed by atoms with Gasteiger partial charge >= 0.3 is 0 Å². The van der Waals surface area contributed by atoms with Gasteiger partial charge in [-0.05, 0) is 37.5 Å². The number of carbonyl (C=O) groups excluding carboxylic acids is 1. The number of sulfonamides is 1. The van der Waals surface area contributed by atoms with E-state index >= 15 is 0 Å². The van der Waals surface area contributed by atoms with E-state index in [1.807, 2.05) is 12.1 Å². The molecule has 0 aliphatic rings. The van der Waals surface area contributed by atoms with Crippen molar-refractivity contribution in [1.29, 1.82) is 0 Å². The standard InChI is InChI=1S/C12H19N3O3S/c1-10(15-19(2,17)18)12(16)14-7-3-4-11-5-8-13-9-6-11/h5-6,8-10,15H,3-4,7H2,1-2H3,(H,14,16). The summed E-state index contributed by atoms with van der Waals surface area (Å²) in [5, 5.41) is 2.69. The van der Waals surface area contributed by atoms with Crippen molar-refractivity contribution in [3.8, 4) is 0 Å². The molecular weight excluding hydrogens is 266 g/mol. The Bertz CT molecular complexity index is 502. The fourth-order valence-electron chi connectivity index (χ4n) is 1.58. The van der Waals surface area contributed by atoms with Gasteiger partial charge in [0.1, 0.15) is 0 Å². The van der Waals surface area contributed by atoms with E-state index in [1.54, 1.807) is 12.4 Å². The van der Waals surface area contributed by atoms with Gasteiger partial charge in [-0.2, -0.15) is 0 Å². The summed E-state index contributed by atoms with van der Waals surface area (Å²) in [5.41, 5.74) is 1.16. The first-order valence-corrected chi connectivity index (χ1v) is 7.91. The summed E-state index contributed by atoms with van der Waals surface area (Å²) in [7, 11) is -3.36. The van der Waals surface area contributed by atoms with Crippen molar-refractivity contribution in [3.63, 3.8) is 0 Å². The maximum absolute atomic E-state index is 11.6. The quantitative estimate of drug-likeness (QED) is 0.694. The third-order valence-corrected chi connectivity index (χ3v) is 3.26. The van der Waals surface area contributed by atoms with Gasteiger partial charge in [0.05, 0.1) is 12.3 Å². The molecule has 1 amide bonds. The second-order valence-electron chi connectivity index (χ2n) is 4.36. The molecule has 0 saturated carbocycles. The number of nitrogens with one attached hydrogen (secondary N) is 2.